The monoisotopic (exact) mass is 1740 g/mol. The number of aromatic hydroxyl groups is 1. The van der Waals surface area contributed by atoms with Gasteiger partial charge in [0.25, 0.3) is 29.2 Å². The number of hydrogen-bond acceptors (Lipinski definition) is 13. The fourth-order valence-electron chi connectivity index (χ4n) is 16.2. The molecule has 0 bridgehead atoms. The summed E-state index contributed by atoms with van der Waals surface area (Å²) in [5.74, 6) is -1.58. The Balaban J connectivity index is 0.000000137. The number of pyridine rings is 5. The maximum absolute atomic E-state index is 13.3. The molecule has 7 aromatic carbocycles. The summed E-state index contributed by atoms with van der Waals surface area (Å²) in [4.78, 5) is 126. The third-order valence-electron chi connectivity index (χ3n) is 21.2. The van der Waals surface area contributed by atoms with E-state index in [2.05, 4.69) is 20.5 Å². The SMILES string of the molecule is CCO.CCO.CCn1c2c(c(=O)c3ccccc31)C(=O)n1cccc1-2.Cl.Cn1c2c(c(=O)c3cc(Cl)ccc31)C(=O)n1cccc1-2.Cn1c2cccc(=O)c2c(O)c2c(=O)n3cccc3c21.O.O.O.O=C1c2c(n(Cc3ccc(Br)cc3)c3ccccc3c2=O)-c2cccn21.O=C1c2c(n(Cc3ccc(F)cc3)c3ccccc3c2=O)-c2cccn21. The molecule has 618 valence electrons. The van der Waals surface area contributed by atoms with E-state index in [1.807, 2.05) is 143 Å². The van der Waals surface area contributed by atoms with Crippen LogP contribution < -0.4 is 32.7 Å². The zero-order chi connectivity index (χ0) is 83.0. The van der Waals surface area contributed by atoms with Crippen LogP contribution in [-0.2, 0) is 33.7 Å². The number of hydrogen-bond donors (Lipinski definition) is 3. The van der Waals surface area contributed by atoms with Gasteiger partial charge in [0.1, 0.15) is 39.2 Å². The number of nitrogens with zero attached hydrogens (tertiary/aromatic N) is 10. The molecule has 4 aliphatic rings. The number of aryl methyl sites for hydroxylation is 3. The first-order chi connectivity index (χ1) is 57.1. The van der Waals surface area contributed by atoms with Crippen LogP contribution in [0.2, 0.25) is 5.02 Å². The Morgan fingerprint density at radius 3 is 1.20 bits per heavy atom. The molecule has 0 saturated heterocycles. The number of carbonyl (C=O) groups is 4. The molecular formula is C92H76BrCl2FN10O16. The molecular weight excluding hydrogens is 1670 g/mol. The second-order valence-electron chi connectivity index (χ2n) is 27.9. The second kappa shape index (κ2) is 35.1. The highest BCUT2D eigenvalue weighted by Crippen LogP contribution is 2.39. The number of fused-ring (bicyclic) bond motifs is 20. The fraction of sp³-hybridized carbons (Fsp3) is 0.109. The molecule has 18 aromatic rings. The van der Waals surface area contributed by atoms with E-state index < -0.39 is 0 Å². The molecule has 9 N–H and O–H groups in total. The van der Waals surface area contributed by atoms with E-state index in [1.54, 1.807) is 151 Å². The summed E-state index contributed by atoms with van der Waals surface area (Å²) < 4.78 is 31.6. The lowest BCUT2D eigenvalue weighted by Crippen LogP contribution is -2.20. The van der Waals surface area contributed by atoms with Crippen molar-refractivity contribution >= 4 is 135 Å². The molecule has 0 spiro atoms. The maximum Gasteiger partial charge on any atom is 0.268 e. The largest absolute Gasteiger partial charge is 0.506 e. The zero-order valence-electron chi connectivity index (χ0n) is 65.6. The van der Waals surface area contributed by atoms with E-state index in [4.69, 9.17) is 21.8 Å². The quantitative estimate of drug-likeness (QED) is 0.144. The molecule has 0 saturated carbocycles. The molecule has 26 nitrogen and oxygen atoms in total. The zero-order valence-corrected chi connectivity index (χ0v) is 68.8. The molecule has 0 unspecified atom stereocenters. The highest BCUT2D eigenvalue weighted by Gasteiger charge is 2.37. The molecule has 122 heavy (non-hydrogen) atoms. The van der Waals surface area contributed by atoms with Crippen molar-refractivity contribution in [2.75, 3.05) is 13.2 Å². The third kappa shape index (κ3) is 14.3. The number of rotatable bonds is 5. The molecule has 0 amide bonds. The van der Waals surface area contributed by atoms with Crippen LogP contribution in [0.3, 0.4) is 0 Å². The van der Waals surface area contributed by atoms with Crippen molar-refractivity contribution in [2.24, 2.45) is 14.1 Å². The number of aliphatic hydroxyl groups is 2. The third-order valence-corrected chi connectivity index (χ3v) is 22.0. The van der Waals surface area contributed by atoms with Gasteiger partial charge in [-0.15, -0.1) is 12.4 Å². The molecule has 0 radical (unpaired) electrons. The van der Waals surface area contributed by atoms with Gasteiger partial charge in [-0.05, 0) is 184 Å². The number of halogens is 4. The summed E-state index contributed by atoms with van der Waals surface area (Å²) >= 11 is 9.42. The summed E-state index contributed by atoms with van der Waals surface area (Å²) in [6.45, 7) is 7.60. The highest BCUT2D eigenvalue weighted by atomic mass is 79.9. The molecule has 15 heterocycles. The van der Waals surface area contributed by atoms with Gasteiger partial charge in [0.2, 0.25) is 21.7 Å². The molecule has 22 rings (SSSR count). The molecule has 30 heteroatoms. The van der Waals surface area contributed by atoms with Gasteiger partial charge in [0.15, 0.2) is 5.43 Å². The number of para-hydroxylation sites is 3. The highest BCUT2D eigenvalue weighted by molar-refractivity contribution is 9.10. The Bertz CT molecular complexity index is 7440. The first kappa shape index (κ1) is 87.2. The van der Waals surface area contributed by atoms with Crippen molar-refractivity contribution in [3.63, 3.8) is 0 Å². The van der Waals surface area contributed by atoms with Crippen molar-refractivity contribution in [2.45, 2.75) is 40.4 Å². The Kier molecular flexibility index (Phi) is 25.1. The van der Waals surface area contributed by atoms with E-state index >= 15 is 0 Å². The average Bonchev–Trinajstić information content (AvgIpc) is 1.61. The van der Waals surface area contributed by atoms with E-state index in [0.29, 0.717) is 85.6 Å². The normalized spacial score (nSPS) is 11.7. The van der Waals surface area contributed by atoms with Gasteiger partial charge in [-0.1, -0.05) is 94.3 Å². The van der Waals surface area contributed by atoms with E-state index in [1.165, 1.54) is 31.7 Å². The van der Waals surface area contributed by atoms with Gasteiger partial charge >= 0.3 is 0 Å². The second-order valence-corrected chi connectivity index (χ2v) is 29.3. The van der Waals surface area contributed by atoms with Crippen LogP contribution in [0.5, 0.6) is 5.75 Å². The lowest BCUT2D eigenvalue weighted by atomic mass is 10.1. The molecule has 11 aromatic heterocycles. The Morgan fingerprint density at radius 1 is 0.385 bits per heavy atom. The number of aromatic nitrogens is 10. The minimum Gasteiger partial charge on any atom is -0.506 e. The van der Waals surface area contributed by atoms with Crippen molar-refractivity contribution in [3.8, 4) is 51.3 Å². The Hall–Kier alpha value is -14.1. The maximum atomic E-state index is 13.3. The van der Waals surface area contributed by atoms with Gasteiger partial charge in [-0.2, -0.15) is 0 Å². The van der Waals surface area contributed by atoms with Crippen molar-refractivity contribution in [1.29, 1.82) is 0 Å². The van der Waals surface area contributed by atoms with Crippen molar-refractivity contribution < 1.29 is 55.3 Å². The van der Waals surface area contributed by atoms with Gasteiger partial charge in [0.05, 0.1) is 89.6 Å². The minimum absolute atomic E-state index is 0. The predicted octanol–water partition coefficient (Wildman–Crippen LogP) is 12.5. The molecule has 0 aliphatic carbocycles. The first-order valence-electron chi connectivity index (χ1n) is 37.5. The van der Waals surface area contributed by atoms with Crippen LogP contribution in [0, 0.1) is 5.82 Å². The fourth-order valence-corrected chi connectivity index (χ4v) is 16.7. The smallest absolute Gasteiger partial charge is 0.268 e. The van der Waals surface area contributed by atoms with Crippen LogP contribution in [0.4, 0.5) is 4.39 Å². The van der Waals surface area contributed by atoms with E-state index in [-0.39, 0.29) is 137 Å². The van der Waals surface area contributed by atoms with Crippen molar-refractivity contribution in [3.05, 3.63) is 360 Å². The average molecular weight is 1750 g/mol. The molecule has 0 atom stereocenters. The molecule has 0 fully saturated rings. The number of aliphatic hydroxyl groups excluding tert-OH is 2. The topological polar surface area (TPSA) is 375 Å². The minimum atomic E-state index is -0.307. The van der Waals surface area contributed by atoms with Gasteiger partial charge < -0.3 is 54.6 Å². The van der Waals surface area contributed by atoms with Crippen molar-refractivity contribution in [1.82, 2.24) is 45.5 Å². The predicted molar refractivity (Wildman–Crippen MR) is 476 cm³/mol. The van der Waals surface area contributed by atoms with E-state index in [0.717, 1.165) is 66.0 Å². The molecule has 4 aliphatic heterocycles. The van der Waals surface area contributed by atoms with Crippen LogP contribution in [-0.4, -0.2) is 114 Å². The van der Waals surface area contributed by atoms with Gasteiger partial charge in [-0.25, -0.2) is 4.39 Å². The van der Waals surface area contributed by atoms with Gasteiger partial charge in [0, 0.05) is 109 Å². The standard InChI is InChI=1S/C21H13BrN2O2.C21H13FN2O2.C16H12N2O2.C15H9ClN2O2.C15H10N2O3.2C2H6O.ClH.3H2O/c2*22-14-9-7-13(8-10-14)12-24-16-5-2-1-4-15(16)20(25)18-19(24)17-6-3-11-23(17)21(18)26;1-2-17-11-7-4-3-6-10(11)15(19)13-14(17)12-8-5-9-18(12)16(13)20;1-17-10-5-4-8(16)7-9(10)14(19)12-13(17)11-3-2-6-18(11)15(12)20;1-16-8-4-2-6-10(18)11(8)14(19)12-13(16)9-5-3-7-17(9)15(12)20;2*1-2-3;;;;/h2*1-11H,12H2;3-9H,2H2,1H3;2-7H,1H3;2-7,19H,1H3;2*3H,2H2,1H3;1H;3*1H2. The Labute approximate surface area is 709 Å². The summed E-state index contributed by atoms with van der Waals surface area (Å²) in [7, 11) is 3.64. The number of carbonyl (C=O) groups excluding carboxylic acids is 4. The summed E-state index contributed by atoms with van der Waals surface area (Å²) in [5.41, 5.74) is 12.4. The summed E-state index contributed by atoms with van der Waals surface area (Å²) in [5, 5.41) is 28.5. The van der Waals surface area contributed by atoms with E-state index in [9.17, 15) is 57.4 Å². The van der Waals surface area contributed by atoms with Crippen LogP contribution in [0.1, 0.15) is 73.3 Å². The lowest BCUT2D eigenvalue weighted by Gasteiger charge is -2.16. The summed E-state index contributed by atoms with van der Waals surface area (Å²) in [6, 6.07) is 64.7. The number of benzene rings is 7. The summed E-state index contributed by atoms with van der Waals surface area (Å²) in [6.07, 6.45) is 8.42. The lowest BCUT2D eigenvalue weighted by molar-refractivity contribution is 0.0960. The van der Waals surface area contributed by atoms with Crippen LogP contribution >= 0.6 is 39.9 Å². The van der Waals surface area contributed by atoms with Crippen LogP contribution in [0.15, 0.2) is 283 Å². The Morgan fingerprint density at radius 2 is 0.754 bits per heavy atom. The first-order valence-corrected chi connectivity index (χ1v) is 38.7. The van der Waals surface area contributed by atoms with Crippen LogP contribution in [0.25, 0.3) is 116 Å². The van der Waals surface area contributed by atoms with Gasteiger partial charge in [-0.3, -0.25) is 70.6 Å².